The van der Waals surface area contributed by atoms with Crippen molar-refractivity contribution in [2.75, 3.05) is 4.90 Å². The predicted octanol–water partition coefficient (Wildman–Crippen LogP) is 14.6. The van der Waals surface area contributed by atoms with Crippen LogP contribution in [0.15, 0.2) is 224 Å². The second-order valence-corrected chi connectivity index (χ2v) is 13.4. The Hall–Kier alpha value is -6.96. The molecule has 0 aliphatic rings. The lowest BCUT2D eigenvalue weighted by atomic mass is 9.88. The molecule has 1 heteroatoms. The molecule has 250 valence electrons. The Morgan fingerprint density at radius 3 is 1.21 bits per heavy atom. The van der Waals surface area contributed by atoms with Gasteiger partial charge in [-0.05, 0) is 109 Å². The monoisotopic (exact) mass is 675 g/mol. The van der Waals surface area contributed by atoms with E-state index in [1.807, 2.05) is 0 Å². The summed E-state index contributed by atoms with van der Waals surface area (Å²) in [4.78, 5) is 2.38. The topological polar surface area (TPSA) is 3.24 Å². The highest BCUT2D eigenvalue weighted by Crippen LogP contribution is 2.44. The van der Waals surface area contributed by atoms with Crippen LogP contribution >= 0.6 is 0 Å². The minimum atomic E-state index is 1.09. The van der Waals surface area contributed by atoms with E-state index in [2.05, 4.69) is 229 Å². The molecule has 0 aromatic heterocycles. The summed E-state index contributed by atoms with van der Waals surface area (Å²) in [6, 6.07) is 80.9. The Kier molecular flexibility index (Phi) is 8.66. The van der Waals surface area contributed by atoms with Crippen molar-refractivity contribution in [2.24, 2.45) is 0 Å². The molecule has 0 aliphatic heterocycles. The van der Waals surface area contributed by atoms with E-state index in [0.29, 0.717) is 0 Å². The fourth-order valence-corrected chi connectivity index (χ4v) is 7.40. The molecule has 9 aromatic rings. The van der Waals surface area contributed by atoms with Crippen LogP contribution in [0.5, 0.6) is 0 Å². The summed E-state index contributed by atoms with van der Waals surface area (Å²) in [6.07, 6.45) is 0. The van der Waals surface area contributed by atoms with E-state index in [-0.39, 0.29) is 0 Å². The van der Waals surface area contributed by atoms with Crippen molar-refractivity contribution in [2.45, 2.75) is 0 Å². The summed E-state index contributed by atoms with van der Waals surface area (Å²) in [6.45, 7) is 0. The lowest BCUT2D eigenvalue weighted by Gasteiger charge is -2.27. The molecule has 0 saturated heterocycles. The normalized spacial score (nSPS) is 11.0. The number of rotatable bonds is 8. The zero-order valence-electron chi connectivity index (χ0n) is 29.3. The van der Waals surface area contributed by atoms with E-state index in [1.54, 1.807) is 0 Å². The number of nitrogens with zero attached hydrogens (tertiary/aromatic N) is 1. The molecule has 0 saturated carbocycles. The third kappa shape index (κ3) is 6.53. The number of benzene rings is 9. The third-order valence-electron chi connectivity index (χ3n) is 10.1. The highest BCUT2D eigenvalue weighted by molar-refractivity contribution is 5.97. The van der Waals surface area contributed by atoms with Gasteiger partial charge in [0.15, 0.2) is 0 Å². The van der Waals surface area contributed by atoms with Crippen LogP contribution in [0.1, 0.15) is 0 Å². The quantitative estimate of drug-likeness (QED) is 0.155. The fourth-order valence-electron chi connectivity index (χ4n) is 7.40. The van der Waals surface area contributed by atoms with Crippen molar-refractivity contribution < 1.29 is 0 Å². The van der Waals surface area contributed by atoms with Gasteiger partial charge in [0.05, 0.1) is 0 Å². The first-order valence-electron chi connectivity index (χ1n) is 18.2. The van der Waals surface area contributed by atoms with Crippen LogP contribution in [0.3, 0.4) is 0 Å². The van der Waals surface area contributed by atoms with Crippen molar-refractivity contribution in [3.63, 3.8) is 0 Å². The van der Waals surface area contributed by atoms with Crippen LogP contribution in [-0.2, 0) is 0 Å². The maximum Gasteiger partial charge on any atom is 0.0468 e. The summed E-state index contributed by atoms with van der Waals surface area (Å²) in [7, 11) is 0. The first-order valence-corrected chi connectivity index (χ1v) is 18.2. The maximum absolute atomic E-state index is 2.38. The van der Waals surface area contributed by atoms with Crippen molar-refractivity contribution in [1.82, 2.24) is 0 Å². The van der Waals surface area contributed by atoms with Crippen LogP contribution in [0, 0.1) is 0 Å². The minimum absolute atomic E-state index is 1.09. The zero-order chi connectivity index (χ0) is 35.4. The van der Waals surface area contributed by atoms with Gasteiger partial charge in [-0.15, -0.1) is 0 Å². The van der Waals surface area contributed by atoms with Gasteiger partial charge < -0.3 is 4.90 Å². The SMILES string of the molecule is c1ccc(-c2ccc(N(c3ccc(-c4ccccc4)cc3)c3ccc(-c4ccccc4-c4ccccc4)c(-c4ccc5ccccc5c4)c3)cc2)cc1. The van der Waals surface area contributed by atoms with Gasteiger partial charge in [-0.2, -0.15) is 0 Å². The molecule has 0 fully saturated rings. The Morgan fingerprint density at radius 2 is 0.623 bits per heavy atom. The summed E-state index contributed by atoms with van der Waals surface area (Å²) in [5.41, 5.74) is 15.3. The molecule has 9 rings (SSSR count). The first kappa shape index (κ1) is 32.0. The van der Waals surface area contributed by atoms with Crippen LogP contribution in [0.2, 0.25) is 0 Å². The number of fused-ring (bicyclic) bond motifs is 1. The zero-order valence-corrected chi connectivity index (χ0v) is 29.3. The average molecular weight is 676 g/mol. The van der Waals surface area contributed by atoms with E-state index < -0.39 is 0 Å². The van der Waals surface area contributed by atoms with Crippen LogP contribution < -0.4 is 4.90 Å². The predicted molar refractivity (Wildman–Crippen MR) is 226 cm³/mol. The first-order chi connectivity index (χ1) is 26.3. The molecule has 0 spiro atoms. The van der Waals surface area contributed by atoms with Crippen molar-refractivity contribution in [3.8, 4) is 55.6 Å². The Morgan fingerprint density at radius 1 is 0.208 bits per heavy atom. The van der Waals surface area contributed by atoms with Crippen molar-refractivity contribution in [1.29, 1.82) is 0 Å². The Labute approximate surface area is 311 Å². The molecule has 9 aromatic carbocycles. The van der Waals surface area contributed by atoms with Gasteiger partial charge in [0.25, 0.3) is 0 Å². The van der Waals surface area contributed by atoms with E-state index in [0.717, 1.165) is 17.1 Å². The van der Waals surface area contributed by atoms with E-state index >= 15 is 0 Å². The average Bonchev–Trinajstić information content (AvgIpc) is 3.25. The molecule has 0 N–H and O–H groups in total. The number of hydrogen-bond acceptors (Lipinski definition) is 1. The lowest BCUT2D eigenvalue weighted by Crippen LogP contribution is -2.10. The fraction of sp³-hybridized carbons (Fsp3) is 0. The van der Waals surface area contributed by atoms with E-state index in [9.17, 15) is 0 Å². The van der Waals surface area contributed by atoms with Crippen molar-refractivity contribution in [3.05, 3.63) is 224 Å². The summed E-state index contributed by atoms with van der Waals surface area (Å²) >= 11 is 0. The van der Waals surface area contributed by atoms with Gasteiger partial charge >= 0.3 is 0 Å². The third-order valence-corrected chi connectivity index (χ3v) is 10.1. The summed E-state index contributed by atoms with van der Waals surface area (Å²) in [5, 5.41) is 2.46. The molecular formula is C52H37N. The molecule has 0 bridgehead atoms. The van der Waals surface area contributed by atoms with Gasteiger partial charge in [0.2, 0.25) is 0 Å². The van der Waals surface area contributed by atoms with Crippen molar-refractivity contribution >= 4 is 27.8 Å². The minimum Gasteiger partial charge on any atom is -0.310 e. The maximum atomic E-state index is 2.38. The number of hydrogen-bond donors (Lipinski definition) is 0. The van der Waals surface area contributed by atoms with E-state index in [1.165, 1.54) is 66.4 Å². The smallest absolute Gasteiger partial charge is 0.0468 e. The highest BCUT2D eigenvalue weighted by atomic mass is 15.1. The second kappa shape index (κ2) is 14.3. The van der Waals surface area contributed by atoms with Gasteiger partial charge in [-0.3, -0.25) is 0 Å². The summed E-state index contributed by atoms with van der Waals surface area (Å²) in [5.74, 6) is 0. The lowest BCUT2D eigenvalue weighted by molar-refractivity contribution is 1.28. The molecule has 0 atom stereocenters. The number of anilines is 3. The van der Waals surface area contributed by atoms with Gasteiger partial charge in [-0.25, -0.2) is 0 Å². The molecule has 0 unspecified atom stereocenters. The standard InChI is InChI=1S/C52H37N/c1-4-14-38(15-5-1)41-26-30-46(31-27-41)53(47-32-28-42(29-33-47)39-16-6-2-7-17-39)48-34-35-51(50-23-13-12-22-49(50)43-19-8-3-9-20-43)52(37-48)45-25-24-40-18-10-11-21-44(40)36-45/h1-37H. The van der Waals surface area contributed by atoms with Crippen LogP contribution in [0.25, 0.3) is 66.4 Å². The van der Waals surface area contributed by atoms with Gasteiger partial charge in [0.1, 0.15) is 0 Å². The molecule has 0 heterocycles. The molecule has 0 radical (unpaired) electrons. The molecule has 0 amide bonds. The van der Waals surface area contributed by atoms with Crippen LogP contribution in [-0.4, -0.2) is 0 Å². The molecule has 1 nitrogen and oxygen atoms in total. The molecule has 53 heavy (non-hydrogen) atoms. The molecule has 0 aliphatic carbocycles. The Bertz CT molecular complexity index is 2540. The largest absolute Gasteiger partial charge is 0.310 e. The van der Waals surface area contributed by atoms with Gasteiger partial charge in [-0.1, -0.05) is 182 Å². The van der Waals surface area contributed by atoms with Gasteiger partial charge in [0, 0.05) is 17.1 Å². The second-order valence-electron chi connectivity index (χ2n) is 13.4. The molecular weight excluding hydrogens is 639 g/mol. The Balaban J connectivity index is 1.23. The summed E-state index contributed by atoms with van der Waals surface area (Å²) < 4.78 is 0. The van der Waals surface area contributed by atoms with E-state index in [4.69, 9.17) is 0 Å². The van der Waals surface area contributed by atoms with Crippen LogP contribution in [0.4, 0.5) is 17.1 Å². The highest BCUT2D eigenvalue weighted by Gasteiger charge is 2.19.